The second kappa shape index (κ2) is 8.06. The molecule has 156 valence electrons. The van der Waals surface area contributed by atoms with Crippen molar-refractivity contribution in [3.8, 4) is 5.88 Å². The van der Waals surface area contributed by atoms with Crippen molar-refractivity contribution in [3.05, 3.63) is 72.3 Å². The molecule has 1 saturated heterocycles. The maximum absolute atomic E-state index is 13.6. The van der Waals surface area contributed by atoms with Crippen LogP contribution in [0.5, 0.6) is 5.88 Å². The molecule has 2 N–H and O–H groups in total. The molecule has 3 heterocycles. The molecule has 1 aliphatic heterocycles. The zero-order chi connectivity index (χ0) is 21.2. The van der Waals surface area contributed by atoms with E-state index in [2.05, 4.69) is 29.7 Å². The number of aromatic nitrogens is 3. The molecule has 0 saturated carbocycles. The number of fused-ring (bicyclic) bond motifs is 1. The Labute approximate surface area is 178 Å². The first-order chi connectivity index (χ1) is 15.2. The van der Waals surface area contributed by atoms with Crippen LogP contribution in [0.1, 0.15) is 5.56 Å². The van der Waals surface area contributed by atoms with Crippen LogP contribution in [0.2, 0.25) is 0 Å². The van der Waals surface area contributed by atoms with Crippen LogP contribution in [0.25, 0.3) is 10.9 Å². The van der Waals surface area contributed by atoms with E-state index in [1.165, 1.54) is 12.1 Å². The van der Waals surface area contributed by atoms with Gasteiger partial charge in [0.1, 0.15) is 5.82 Å². The third-order valence-electron chi connectivity index (χ3n) is 5.45. The Bertz CT molecular complexity index is 1210. The molecule has 0 aliphatic carbocycles. The summed E-state index contributed by atoms with van der Waals surface area (Å²) in [6.45, 7) is 3.49. The second-order valence-electron chi connectivity index (χ2n) is 7.37. The van der Waals surface area contributed by atoms with Gasteiger partial charge < -0.3 is 19.9 Å². The fraction of sp³-hybridized carbons (Fsp3) is 0.174. The monoisotopic (exact) mass is 416 g/mol. The van der Waals surface area contributed by atoms with Crippen molar-refractivity contribution in [3.63, 3.8) is 0 Å². The van der Waals surface area contributed by atoms with Crippen LogP contribution in [0.4, 0.5) is 21.7 Å². The summed E-state index contributed by atoms with van der Waals surface area (Å²) in [5.74, 6) is 0.387. The maximum Gasteiger partial charge on any atom is 0.225 e. The lowest BCUT2D eigenvalue weighted by Gasteiger charge is -2.36. The van der Waals surface area contributed by atoms with Crippen LogP contribution in [-0.4, -0.2) is 52.5 Å². The maximum atomic E-state index is 13.6. The number of halogens is 1. The minimum Gasteiger partial charge on any atom is -0.494 e. The zero-order valence-corrected chi connectivity index (χ0v) is 16.7. The zero-order valence-electron chi connectivity index (χ0n) is 16.7. The summed E-state index contributed by atoms with van der Waals surface area (Å²) in [5, 5.41) is 10.7. The highest BCUT2D eigenvalue weighted by Crippen LogP contribution is 2.27. The molecule has 1 fully saturated rings. The third kappa shape index (κ3) is 3.92. The van der Waals surface area contributed by atoms with Gasteiger partial charge >= 0.3 is 0 Å². The van der Waals surface area contributed by atoms with Gasteiger partial charge in [-0.05, 0) is 48.5 Å². The number of H-pyrrole nitrogens is 1. The number of aromatic hydroxyl groups is 1. The molecule has 31 heavy (non-hydrogen) atoms. The molecule has 2 aromatic carbocycles. The van der Waals surface area contributed by atoms with Crippen molar-refractivity contribution < 1.29 is 9.50 Å². The van der Waals surface area contributed by atoms with Gasteiger partial charge in [0, 0.05) is 61.4 Å². The van der Waals surface area contributed by atoms with Crippen molar-refractivity contribution in [2.24, 2.45) is 4.99 Å². The van der Waals surface area contributed by atoms with Crippen molar-refractivity contribution in [1.29, 1.82) is 0 Å². The smallest absolute Gasteiger partial charge is 0.225 e. The van der Waals surface area contributed by atoms with Crippen molar-refractivity contribution in [2.45, 2.75) is 0 Å². The summed E-state index contributed by atoms with van der Waals surface area (Å²) in [6, 6.07) is 14.1. The van der Waals surface area contributed by atoms with E-state index >= 15 is 0 Å². The lowest BCUT2D eigenvalue weighted by atomic mass is 10.2. The SMILES string of the molecule is Oc1[nH]c2ccc(F)cc2c1C=Nc1ccc(N2CCN(c3ncccn3)CC2)cc1. The summed E-state index contributed by atoms with van der Waals surface area (Å²) in [4.78, 5) is 20.4. The average molecular weight is 416 g/mol. The molecule has 0 bridgehead atoms. The Morgan fingerprint density at radius 2 is 1.68 bits per heavy atom. The average Bonchev–Trinajstić information content (AvgIpc) is 3.13. The van der Waals surface area contributed by atoms with Gasteiger partial charge in [0.15, 0.2) is 5.88 Å². The van der Waals surface area contributed by atoms with E-state index in [1.807, 2.05) is 30.3 Å². The van der Waals surface area contributed by atoms with Crippen LogP contribution in [0, 0.1) is 5.82 Å². The molecule has 8 heteroatoms. The number of hydrogen-bond acceptors (Lipinski definition) is 6. The standard InChI is InChI=1S/C23H21FN6O/c24-16-2-7-21-19(14-16)20(22(31)28-21)15-27-17-3-5-18(6-4-17)29-10-12-30(13-11-29)23-25-8-1-9-26-23/h1-9,14-15,28,31H,10-13H2. The van der Waals surface area contributed by atoms with Crippen LogP contribution < -0.4 is 9.80 Å². The van der Waals surface area contributed by atoms with E-state index in [9.17, 15) is 9.50 Å². The lowest BCUT2D eigenvalue weighted by Crippen LogP contribution is -2.47. The topological polar surface area (TPSA) is 80.6 Å². The Balaban J connectivity index is 1.27. The van der Waals surface area contributed by atoms with Crippen molar-refractivity contribution >= 4 is 34.4 Å². The minimum atomic E-state index is -0.357. The van der Waals surface area contributed by atoms with Crippen LogP contribution in [0.15, 0.2) is 65.9 Å². The van der Waals surface area contributed by atoms with Crippen molar-refractivity contribution in [2.75, 3.05) is 36.0 Å². The molecule has 4 aromatic rings. The number of anilines is 2. The minimum absolute atomic E-state index is 0.0266. The summed E-state index contributed by atoms with van der Waals surface area (Å²) in [6.07, 6.45) is 5.09. The number of benzene rings is 2. The van der Waals surface area contributed by atoms with E-state index in [0.717, 1.165) is 43.5 Å². The molecule has 0 amide bonds. The van der Waals surface area contributed by atoms with E-state index in [4.69, 9.17) is 0 Å². The number of rotatable bonds is 4. The van der Waals surface area contributed by atoms with E-state index < -0.39 is 0 Å². The third-order valence-corrected chi connectivity index (χ3v) is 5.45. The Hall–Kier alpha value is -3.94. The quantitative estimate of drug-likeness (QED) is 0.494. The fourth-order valence-electron chi connectivity index (χ4n) is 3.81. The fourth-order valence-corrected chi connectivity index (χ4v) is 3.81. The largest absolute Gasteiger partial charge is 0.494 e. The summed E-state index contributed by atoms with van der Waals surface area (Å²) in [5.41, 5.74) is 3.02. The first-order valence-corrected chi connectivity index (χ1v) is 10.1. The van der Waals surface area contributed by atoms with Gasteiger partial charge in [-0.25, -0.2) is 14.4 Å². The number of piperazine rings is 1. The highest BCUT2D eigenvalue weighted by molar-refractivity contribution is 6.02. The van der Waals surface area contributed by atoms with Gasteiger partial charge in [0.25, 0.3) is 0 Å². The molecule has 0 unspecified atom stereocenters. The molecule has 0 radical (unpaired) electrons. The molecule has 1 aliphatic rings. The Morgan fingerprint density at radius 3 is 2.42 bits per heavy atom. The van der Waals surface area contributed by atoms with Crippen molar-refractivity contribution in [1.82, 2.24) is 15.0 Å². The first-order valence-electron chi connectivity index (χ1n) is 10.1. The molecule has 2 aromatic heterocycles. The normalized spacial score (nSPS) is 14.6. The number of nitrogens with one attached hydrogen (secondary N) is 1. The predicted octanol–water partition coefficient (Wildman–Crippen LogP) is 3.88. The highest BCUT2D eigenvalue weighted by Gasteiger charge is 2.19. The van der Waals surface area contributed by atoms with Crippen LogP contribution in [-0.2, 0) is 0 Å². The Morgan fingerprint density at radius 1 is 0.968 bits per heavy atom. The van der Waals surface area contributed by atoms with Gasteiger partial charge in [-0.2, -0.15) is 0 Å². The summed E-state index contributed by atoms with van der Waals surface area (Å²) in [7, 11) is 0. The van der Waals surface area contributed by atoms with Crippen LogP contribution in [0.3, 0.4) is 0 Å². The molecule has 0 atom stereocenters. The summed E-state index contributed by atoms with van der Waals surface area (Å²) >= 11 is 0. The number of nitrogens with zero attached hydrogens (tertiary/aromatic N) is 5. The molecular formula is C23H21FN6O. The molecule has 5 rings (SSSR count). The van der Waals surface area contributed by atoms with E-state index in [1.54, 1.807) is 24.7 Å². The molecular weight excluding hydrogens is 395 g/mol. The van der Waals surface area contributed by atoms with Gasteiger partial charge in [0.2, 0.25) is 5.95 Å². The molecule has 0 spiro atoms. The highest BCUT2D eigenvalue weighted by atomic mass is 19.1. The Kier molecular flexibility index (Phi) is 4.95. The van der Waals surface area contributed by atoms with E-state index in [-0.39, 0.29) is 11.7 Å². The van der Waals surface area contributed by atoms with Gasteiger partial charge in [-0.3, -0.25) is 4.99 Å². The summed E-state index contributed by atoms with van der Waals surface area (Å²) < 4.78 is 13.6. The first kappa shape index (κ1) is 19.0. The van der Waals surface area contributed by atoms with E-state index in [0.29, 0.717) is 16.5 Å². The van der Waals surface area contributed by atoms with Crippen LogP contribution >= 0.6 is 0 Å². The number of aliphatic imine (C=N–C) groups is 1. The van der Waals surface area contributed by atoms with Gasteiger partial charge in [-0.1, -0.05) is 0 Å². The number of aromatic amines is 1. The van der Waals surface area contributed by atoms with Gasteiger partial charge in [-0.15, -0.1) is 0 Å². The van der Waals surface area contributed by atoms with Gasteiger partial charge in [0.05, 0.1) is 11.3 Å². The number of hydrogen-bond donors (Lipinski definition) is 2. The predicted molar refractivity (Wildman–Crippen MR) is 120 cm³/mol. The second-order valence-corrected chi connectivity index (χ2v) is 7.37. The molecule has 7 nitrogen and oxygen atoms in total. The lowest BCUT2D eigenvalue weighted by molar-refractivity contribution is 0.457.